The first-order chi connectivity index (χ1) is 9.19. The molecule has 1 fully saturated rings. The second-order valence-corrected chi connectivity index (χ2v) is 4.30. The fraction of sp³-hybridized carbons (Fsp3) is 0.462. The predicted molar refractivity (Wildman–Crippen MR) is 65.4 cm³/mol. The Morgan fingerprint density at radius 2 is 2.37 bits per heavy atom. The van der Waals surface area contributed by atoms with Crippen molar-refractivity contribution >= 4 is 6.09 Å². The van der Waals surface area contributed by atoms with E-state index >= 15 is 0 Å². The third kappa shape index (κ3) is 3.82. The Labute approximate surface area is 110 Å². The van der Waals surface area contributed by atoms with Crippen molar-refractivity contribution in [2.45, 2.75) is 12.5 Å². The van der Waals surface area contributed by atoms with Crippen LogP contribution >= 0.6 is 0 Å². The first kappa shape index (κ1) is 13.6. The number of aliphatic hydroxyl groups is 1. The van der Waals surface area contributed by atoms with Gasteiger partial charge in [-0.2, -0.15) is 0 Å². The van der Waals surface area contributed by atoms with E-state index < -0.39 is 6.09 Å². The topological polar surface area (TPSA) is 59.0 Å². The number of nitrogens with zero attached hydrogens (tertiary/aromatic N) is 1. The largest absolute Gasteiger partial charge is 0.490 e. The lowest BCUT2D eigenvalue weighted by Gasteiger charge is -2.12. The van der Waals surface area contributed by atoms with Crippen molar-refractivity contribution in [3.05, 3.63) is 30.1 Å². The van der Waals surface area contributed by atoms with Crippen LogP contribution in [0.15, 0.2) is 24.3 Å². The van der Waals surface area contributed by atoms with Crippen LogP contribution in [0.2, 0.25) is 0 Å². The van der Waals surface area contributed by atoms with Crippen LogP contribution < -0.4 is 4.74 Å². The lowest BCUT2D eigenvalue weighted by Crippen LogP contribution is -2.28. The van der Waals surface area contributed by atoms with Crippen LogP contribution in [0.5, 0.6) is 5.75 Å². The van der Waals surface area contributed by atoms with E-state index in [0.29, 0.717) is 25.3 Å². The summed E-state index contributed by atoms with van der Waals surface area (Å²) in [4.78, 5) is 13.0. The Morgan fingerprint density at radius 3 is 3.11 bits per heavy atom. The molecule has 2 rings (SSSR count). The number of benzene rings is 1. The molecule has 0 spiro atoms. The summed E-state index contributed by atoms with van der Waals surface area (Å²) in [5.74, 6) is 0.0374. The summed E-state index contributed by atoms with van der Waals surface area (Å²) in [6.07, 6.45) is -0.247. The van der Waals surface area contributed by atoms with Gasteiger partial charge in [-0.25, -0.2) is 9.18 Å². The zero-order valence-corrected chi connectivity index (χ0v) is 10.4. The maximum absolute atomic E-state index is 12.9. The van der Waals surface area contributed by atoms with Crippen LogP contribution in [0.1, 0.15) is 6.42 Å². The molecule has 1 heterocycles. The first-order valence-electron chi connectivity index (χ1n) is 6.14. The van der Waals surface area contributed by atoms with E-state index in [1.807, 2.05) is 0 Å². The minimum Gasteiger partial charge on any atom is -0.490 e. The van der Waals surface area contributed by atoms with Gasteiger partial charge >= 0.3 is 6.09 Å². The predicted octanol–water partition coefficient (Wildman–Crippen LogP) is 1.41. The molecule has 1 atom stereocenters. The van der Waals surface area contributed by atoms with Gasteiger partial charge < -0.3 is 19.5 Å². The molecule has 1 aromatic carbocycles. The zero-order valence-electron chi connectivity index (χ0n) is 10.4. The molecule has 0 aromatic heterocycles. The van der Waals surface area contributed by atoms with Crippen LogP contribution in [0.4, 0.5) is 9.18 Å². The van der Waals surface area contributed by atoms with Crippen LogP contribution in [0.3, 0.4) is 0 Å². The van der Waals surface area contributed by atoms with Crippen LogP contribution in [-0.4, -0.2) is 48.5 Å². The Hall–Kier alpha value is -1.82. The summed E-state index contributed by atoms with van der Waals surface area (Å²) in [6.45, 7) is 1.11. The van der Waals surface area contributed by atoms with Crippen molar-refractivity contribution in [1.82, 2.24) is 4.90 Å². The maximum atomic E-state index is 12.9. The molecule has 1 saturated heterocycles. The first-order valence-corrected chi connectivity index (χ1v) is 6.14. The van der Waals surface area contributed by atoms with Crippen molar-refractivity contribution in [3.8, 4) is 5.75 Å². The molecule has 0 aliphatic carbocycles. The van der Waals surface area contributed by atoms with Crippen molar-refractivity contribution in [2.75, 3.05) is 26.3 Å². The summed E-state index contributed by atoms with van der Waals surface area (Å²) in [7, 11) is 0. The van der Waals surface area contributed by atoms with Crippen molar-refractivity contribution in [2.24, 2.45) is 0 Å². The van der Waals surface area contributed by atoms with E-state index in [9.17, 15) is 9.18 Å². The fourth-order valence-electron chi connectivity index (χ4n) is 1.85. The summed E-state index contributed by atoms with van der Waals surface area (Å²) in [5, 5.41) is 8.72. The van der Waals surface area contributed by atoms with Crippen molar-refractivity contribution in [3.63, 3.8) is 0 Å². The number of amides is 1. The highest BCUT2D eigenvalue weighted by Gasteiger charge is 2.31. The molecule has 5 nitrogen and oxygen atoms in total. The van der Waals surface area contributed by atoms with Gasteiger partial charge in [0.25, 0.3) is 0 Å². The molecule has 0 radical (unpaired) electrons. The minimum absolute atomic E-state index is 0.0360. The average Bonchev–Trinajstić information content (AvgIpc) is 2.75. The third-order valence-corrected chi connectivity index (χ3v) is 2.77. The Balaban J connectivity index is 1.80. The summed E-state index contributed by atoms with van der Waals surface area (Å²) in [5.41, 5.74) is 0. The molecular formula is C13H16FNO4. The number of ether oxygens (including phenoxy) is 2. The van der Waals surface area contributed by atoms with E-state index in [0.717, 1.165) is 0 Å². The van der Waals surface area contributed by atoms with Gasteiger partial charge in [0.1, 0.15) is 18.2 Å². The summed E-state index contributed by atoms with van der Waals surface area (Å²) in [6, 6.07) is 5.81. The van der Waals surface area contributed by atoms with Gasteiger partial charge in [-0.15, -0.1) is 0 Å². The monoisotopic (exact) mass is 269 g/mol. The lowest BCUT2D eigenvalue weighted by molar-refractivity contribution is 0.102. The molecule has 104 valence electrons. The number of cyclic esters (lactones) is 1. The average molecular weight is 269 g/mol. The Kier molecular flexibility index (Phi) is 4.57. The zero-order chi connectivity index (χ0) is 13.7. The van der Waals surface area contributed by atoms with E-state index in [-0.39, 0.29) is 25.1 Å². The molecule has 6 heteroatoms. The van der Waals surface area contributed by atoms with E-state index in [2.05, 4.69) is 0 Å². The number of halogens is 1. The van der Waals surface area contributed by atoms with Crippen molar-refractivity contribution < 1.29 is 23.8 Å². The quantitative estimate of drug-likeness (QED) is 0.848. The number of hydrogen-bond acceptors (Lipinski definition) is 4. The van der Waals surface area contributed by atoms with Gasteiger partial charge in [-0.3, -0.25) is 0 Å². The third-order valence-electron chi connectivity index (χ3n) is 2.77. The highest BCUT2D eigenvalue weighted by molar-refractivity contribution is 5.69. The van der Waals surface area contributed by atoms with E-state index in [1.54, 1.807) is 12.1 Å². The number of rotatable bonds is 6. The molecule has 1 amide bonds. The van der Waals surface area contributed by atoms with Gasteiger partial charge in [-0.05, 0) is 18.6 Å². The Morgan fingerprint density at radius 1 is 1.53 bits per heavy atom. The van der Waals surface area contributed by atoms with Gasteiger partial charge in [0.05, 0.1) is 6.54 Å². The molecule has 1 N–H and O–H groups in total. The van der Waals surface area contributed by atoms with Gasteiger partial charge in [-0.1, -0.05) is 6.07 Å². The molecule has 1 aliphatic heterocycles. The van der Waals surface area contributed by atoms with Crippen molar-refractivity contribution in [1.29, 1.82) is 0 Å². The normalized spacial score (nSPS) is 18.5. The van der Waals surface area contributed by atoms with Gasteiger partial charge in [0.2, 0.25) is 0 Å². The van der Waals surface area contributed by atoms with E-state index in [4.69, 9.17) is 14.6 Å². The second kappa shape index (κ2) is 6.38. The molecule has 0 saturated carbocycles. The van der Waals surface area contributed by atoms with E-state index in [1.165, 1.54) is 17.0 Å². The van der Waals surface area contributed by atoms with Gasteiger partial charge in [0.15, 0.2) is 6.10 Å². The Bertz CT molecular complexity index is 440. The number of carbonyl (C=O) groups excluding carboxylic acids is 1. The molecule has 0 bridgehead atoms. The smallest absolute Gasteiger partial charge is 0.410 e. The SMILES string of the molecule is O=C1OC(COc2cccc(F)c2)CN1CCCO. The number of hydrogen-bond donors (Lipinski definition) is 1. The second-order valence-electron chi connectivity index (χ2n) is 4.30. The number of aliphatic hydroxyl groups excluding tert-OH is 1. The van der Waals surface area contributed by atoms with Crippen LogP contribution in [0.25, 0.3) is 0 Å². The van der Waals surface area contributed by atoms with Crippen LogP contribution in [-0.2, 0) is 4.74 Å². The van der Waals surface area contributed by atoms with Crippen LogP contribution in [0, 0.1) is 5.82 Å². The molecule has 19 heavy (non-hydrogen) atoms. The number of carbonyl (C=O) groups is 1. The summed E-state index contributed by atoms with van der Waals surface area (Å²) >= 11 is 0. The standard InChI is InChI=1S/C13H16FNO4/c14-10-3-1-4-11(7-10)18-9-12-8-15(5-2-6-16)13(17)19-12/h1,3-4,7,12,16H,2,5-6,8-9H2. The highest BCUT2D eigenvalue weighted by atomic mass is 19.1. The van der Waals surface area contributed by atoms with Gasteiger partial charge in [0, 0.05) is 19.2 Å². The highest BCUT2D eigenvalue weighted by Crippen LogP contribution is 2.16. The molecule has 1 unspecified atom stereocenters. The summed E-state index contributed by atoms with van der Waals surface area (Å²) < 4.78 is 23.4. The minimum atomic E-state index is -0.402. The molecular weight excluding hydrogens is 253 g/mol. The fourth-order valence-corrected chi connectivity index (χ4v) is 1.85. The molecule has 1 aromatic rings. The maximum Gasteiger partial charge on any atom is 0.410 e. The lowest BCUT2D eigenvalue weighted by atomic mass is 10.3. The molecule has 1 aliphatic rings.